The highest BCUT2D eigenvalue weighted by molar-refractivity contribution is 5.94. The van der Waals surface area contributed by atoms with E-state index in [4.69, 9.17) is 0 Å². The summed E-state index contributed by atoms with van der Waals surface area (Å²) < 4.78 is 13.4. The Balaban J connectivity index is 1.53. The third kappa shape index (κ3) is 3.91. The second kappa shape index (κ2) is 8.09. The van der Waals surface area contributed by atoms with Crippen LogP contribution in [-0.4, -0.2) is 40.8 Å². The van der Waals surface area contributed by atoms with E-state index in [2.05, 4.69) is 10.3 Å². The summed E-state index contributed by atoms with van der Waals surface area (Å²) in [5, 5.41) is 3.07. The monoisotopic (exact) mass is 381 g/mol. The topological polar surface area (TPSA) is 62.3 Å². The standard InChI is InChI=1S/C22H24FN3O2/c23-17-5-3-15(4-6-17)19-13-18(25-21(27)16-7-9-24-10-8-16)14-20(19)22(28)26-11-1-2-12-26/h3-10,18-20H,1-2,11-14H2,(H,25,27)/t18-,19+,20-/m0/s1. The molecule has 146 valence electrons. The van der Waals surface area contributed by atoms with E-state index in [1.54, 1.807) is 36.7 Å². The van der Waals surface area contributed by atoms with Gasteiger partial charge in [-0.3, -0.25) is 14.6 Å². The average molecular weight is 381 g/mol. The third-order valence-electron chi connectivity index (χ3n) is 5.87. The molecule has 1 saturated carbocycles. The van der Waals surface area contributed by atoms with Crippen LogP contribution in [0.25, 0.3) is 0 Å². The van der Waals surface area contributed by atoms with Gasteiger partial charge in [-0.1, -0.05) is 12.1 Å². The average Bonchev–Trinajstić information content (AvgIpc) is 3.39. The van der Waals surface area contributed by atoms with Gasteiger partial charge in [0.2, 0.25) is 5.91 Å². The van der Waals surface area contributed by atoms with Crippen LogP contribution in [0.3, 0.4) is 0 Å². The molecule has 0 unspecified atom stereocenters. The number of nitrogens with zero attached hydrogens (tertiary/aromatic N) is 2. The maximum atomic E-state index is 13.4. The van der Waals surface area contributed by atoms with Crippen LogP contribution in [-0.2, 0) is 4.79 Å². The summed E-state index contributed by atoms with van der Waals surface area (Å²) in [6, 6.07) is 9.66. The number of nitrogens with one attached hydrogen (secondary N) is 1. The number of carbonyl (C=O) groups is 2. The number of benzene rings is 1. The summed E-state index contributed by atoms with van der Waals surface area (Å²) in [5.74, 6) is -0.485. The molecule has 4 rings (SSSR count). The minimum atomic E-state index is -0.285. The van der Waals surface area contributed by atoms with Crippen LogP contribution >= 0.6 is 0 Å². The smallest absolute Gasteiger partial charge is 0.251 e. The van der Waals surface area contributed by atoms with Gasteiger partial charge in [0.1, 0.15) is 5.82 Å². The summed E-state index contributed by atoms with van der Waals surface area (Å²) in [6.07, 6.45) is 6.54. The van der Waals surface area contributed by atoms with Crippen molar-refractivity contribution in [3.63, 3.8) is 0 Å². The van der Waals surface area contributed by atoms with Gasteiger partial charge in [-0.25, -0.2) is 4.39 Å². The van der Waals surface area contributed by atoms with Crippen LogP contribution in [0.2, 0.25) is 0 Å². The minimum absolute atomic E-state index is 0.0172. The van der Waals surface area contributed by atoms with Crippen molar-refractivity contribution in [2.24, 2.45) is 5.92 Å². The lowest BCUT2D eigenvalue weighted by Crippen LogP contribution is -2.36. The van der Waals surface area contributed by atoms with Crippen molar-refractivity contribution >= 4 is 11.8 Å². The molecule has 1 aromatic carbocycles. The van der Waals surface area contributed by atoms with E-state index in [9.17, 15) is 14.0 Å². The molecular weight excluding hydrogens is 357 g/mol. The molecule has 1 saturated heterocycles. The van der Waals surface area contributed by atoms with Crippen molar-refractivity contribution in [2.45, 2.75) is 37.6 Å². The van der Waals surface area contributed by atoms with Crippen molar-refractivity contribution in [1.82, 2.24) is 15.2 Å². The summed E-state index contributed by atoms with van der Waals surface area (Å²) in [7, 11) is 0. The molecule has 1 N–H and O–H groups in total. The second-order valence-electron chi connectivity index (χ2n) is 7.67. The highest BCUT2D eigenvalue weighted by Gasteiger charge is 2.42. The fourth-order valence-corrected chi connectivity index (χ4v) is 4.45. The first kappa shape index (κ1) is 18.6. The Bertz CT molecular complexity index is 835. The van der Waals surface area contributed by atoms with Crippen LogP contribution in [0.5, 0.6) is 0 Å². The highest BCUT2D eigenvalue weighted by Crippen LogP contribution is 2.41. The van der Waals surface area contributed by atoms with Gasteiger partial charge in [-0.2, -0.15) is 0 Å². The Morgan fingerprint density at radius 3 is 2.36 bits per heavy atom. The number of likely N-dealkylation sites (tertiary alicyclic amines) is 1. The van der Waals surface area contributed by atoms with Gasteiger partial charge in [-0.05, 0) is 61.4 Å². The van der Waals surface area contributed by atoms with Crippen LogP contribution in [0.1, 0.15) is 47.5 Å². The van der Waals surface area contributed by atoms with Crippen molar-refractivity contribution < 1.29 is 14.0 Å². The number of aromatic nitrogens is 1. The molecule has 0 bridgehead atoms. The molecule has 0 spiro atoms. The van der Waals surface area contributed by atoms with Crippen LogP contribution < -0.4 is 5.32 Å². The Morgan fingerprint density at radius 2 is 1.68 bits per heavy atom. The van der Waals surface area contributed by atoms with Gasteiger partial charge in [-0.15, -0.1) is 0 Å². The van der Waals surface area contributed by atoms with Crippen molar-refractivity contribution in [1.29, 1.82) is 0 Å². The molecule has 1 aliphatic carbocycles. The second-order valence-corrected chi connectivity index (χ2v) is 7.67. The summed E-state index contributed by atoms with van der Waals surface area (Å²) in [5.41, 5.74) is 1.52. The molecule has 2 aliphatic rings. The lowest BCUT2D eigenvalue weighted by Gasteiger charge is -2.24. The fraction of sp³-hybridized carbons (Fsp3) is 0.409. The quantitative estimate of drug-likeness (QED) is 0.885. The fourth-order valence-electron chi connectivity index (χ4n) is 4.45. The summed E-state index contributed by atoms with van der Waals surface area (Å²) >= 11 is 0. The Hall–Kier alpha value is -2.76. The first-order valence-corrected chi connectivity index (χ1v) is 9.87. The number of hydrogen-bond acceptors (Lipinski definition) is 3. The Labute approximate surface area is 164 Å². The van der Waals surface area contributed by atoms with Crippen molar-refractivity contribution in [3.8, 4) is 0 Å². The molecular formula is C22H24FN3O2. The van der Waals surface area contributed by atoms with E-state index >= 15 is 0 Å². The number of hydrogen-bond donors (Lipinski definition) is 1. The van der Waals surface area contributed by atoms with Crippen LogP contribution in [0.15, 0.2) is 48.8 Å². The maximum Gasteiger partial charge on any atom is 0.251 e. The van der Waals surface area contributed by atoms with Crippen LogP contribution in [0, 0.1) is 11.7 Å². The molecule has 6 heteroatoms. The molecule has 5 nitrogen and oxygen atoms in total. The molecule has 1 aromatic heterocycles. The lowest BCUT2D eigenvalue weighted by molar-refractivity contribution is -0.134. The molecule has 2 aromatic rings. The van der Waals surface area contributed by atoms with Crippen molar-refractivity contribution in [3.05, 3.63) is 65.7 Å². The zero-order valence-corrected chi connectivity index (χ0v) is 15.7. The summed E-state index contributed by atoms with van der Waals surface area (Å²) in [4.78, 5) is 31.5. The molecule has 0 radical (unpaired) electrons. The minimum Gasteiger partial charge on any atom is -0.349 e. The molecule has 2 fully saturated rings. The van der Waals surface area contributed by atoms with Gasteiger partial charge in [0, 0.05) is 43.0 Å². The Kier molecular flexibility index (Phi) is 5.37. The van der Waals surface area contributed by atoms with Crippen molar-refractivity contribution in [2.75, 3.05) is 13.1 Å². The Morgan fingerprint density at radius 1 is 1.00 bits per heavy atom. The third-order valence-corrected chi connectivity index (χ3v) is 5.87. The van der Waals surface area contributed by atoms with Gasteiger partial charge in [0.15, 0.2) is 0 Å². The predicted molar refractivity (Wildman–Crippen MR) is 103 cm³/mol. The van der Waals surface area contributed by atoms with E-state index in [1.165, 1.54) is 12.1 Å². The first-order chi connectivity index (χ1) is 13.6. The molecule has 28 heavy (non-hydrogen) atoms. The van der Waals surface area contributed by atoms with E-state index in [0.717, 1.165) is 31.5 Å². The predicted octanol–water partition coefficient (Wildman–Crippen LogP) is 3.14. The number of rotatable bonds is 4. The number of pyridine rings is 1. The maximum absolute atomic E-state index is 13.4. The molecule has 2 heterocycles. The SMILES string of the molecule is O=C(N[C@@H]1C[C@H](C(=O)N2CCCC2)[C@@H](c2ccc(F)cc2)C1)c1ccncc1. The molecule has 3 atom stereocenters. The lowest BCUT2D eigenvalue weighted by atomic mass is 9.88. The summed E-state index contributed by atoms with van der Waals surface area (Å²) in [6.45, 7) is 1.61. The molecule has 1 aliphatic heterocycles. The highest BCUT2D eigenvalue weighted by atomic mass is 19.1. The zero-order chi connectivity index (χ0) is 19.5. The first-order valence-electron chi connectivity index (χ1n) is 9.87. The van der Waals surface area contributed by atoms with E-state index in [1.807, 2.05) is 4.90 Å². The van der Waals surface area contributed by atoms with E-state index in [0.29, 0.717) is 18.4 Å². The van der Waals surface area contributed by atoms with E-state index in [-0.39, 0.29) is 35.5 Å². The largest absolute Gasteiger partial charge is 0.349 e. The van der Waals surface area contributed by atoms with Gasteiger partial charge in [0.25, 0.3) is 5.91 Å². The number of carbonyl (C=O) groups excluding carboxylic acids is 2. The molecule has 2 amide bonds. The van der Waals surface area contributed by atoms with Gasteiger partial charge in [0.05, 0.1) is 0 Å². The van der Waals surface area contributed by atoms with Gasteiger partial charge < -0.3 is 10.2 Å². The van der Waals surface area contributed by atoms with Gasteiger partial charge >= 0.3 is 0 Å². The number of halogens is 1. The van der Waals surface area contributed by atoms with E-state index < -0.39 is 0 Å². The van der Waals surface area contributed by atoms with Crippen LogP contribution in [0.4, 0.5) is 4.39 Å². The zero-order valence-electron chi connectivity index (χ0n) is 15.7. The number of amides is 2. The normalized spacial score (nSPS) is 24.3.